The molecule has 0 bridgehead atoms. The number of imide groups is 1. The van der Waals surface area contributed by atoms with Crippen molar-refractivity contribution in [1.82, 2.24) is 20.1 Å². The molecule has 0 saturated carbocycles. The van der Waals surface area contributed by atoms with Gasteiger partial charge in [-0.2, -0.15) is 4.98 Å². The Hall–Kier alpha value is -2.68. The van der Waals surface area contributed by atoms with Gasteiger partial charge in [0.25, 0.3) is 17.7 Å². The standard InChI is InChI=1S/C16H17N5O3S/c1-4-25-16-18-15(19-20-16)17-12(22)9-5-6-10-11(7-9)14(24)21(8(2)3)13(10)23/h5-8H,4H2,1-3H3,(H2,17,18,19,20,22). The first-order valence-corrected chi connectivity index (χ1v) is 8.79. The molecule has 1 aliphatic rings. The van der Waals surface area contributed by atoms with E-state index in [2.05, 4.69) is 20.5 Å². The number of fused-ring (bicyclic) bond motifs is 1. The number of carbonyl (C=O) groups is 3. The molecule has 2 aromatic rings. The van der Waals surface area contributed by atoms with Crippen LogP contribution in [0.25, 0.3) is 0 Å². The lowest BCUT2D eigenvalue weighted by Gasteiger charge is -2.17. The maximum atomic E-state index is 12.4. The molecular formula is C16H17N5O3S. The van der Waals surface area contributed by atoms with Crippen LogP contribution in [0, 0.1) is 0 Å². The molecular weight excluding hydrogens is 342 g/mol. The number of H-pyrrole nitrogens is 1. The molecule has 0 aliphatic carbocycles. The van der Waals surface area contributed by atoms with Crippen LogP contribution in [0.2, 0.25) is 0 Å². The van der Waals surface area contributed by atoms with E-state index in [0.717, 1.165) is 5.75 Å². The Balaban J connectivity index is 1.82. The minimum absolute atomic E-state index is 0.229. The highest BCUT2D eigenvalue weighted by Crippen LogP contribution is 2.26. The number of hydrogen-bond donors (Lipinski definition) is 2. The summed E-state index contributed by atoms with van der Waals surface area (Å²) >= 11 is 1.45. The van der Waals surface area contributed by atoms with E-state index in [1.807, 2.05) is 6.92 Å². The second-order valence-electron chi connectivity index (χ2n) is 5.69. The van der Waals surface area contributed by atoms with E-state index in [-0.39, 0.29) is 34.9 Å². The van der Waals surface area contributed by atoms with Crippen molar-refractivity contribution < 1.29 is 14.4 Å². The summed E-state index contributed by atoms with van der Waals surface area (Å²) in [5.41, 5.74) is 0.828. The van der Waals surface area contributed by atoms with Gasteiger partial charge in [-0.15, -0.1) is 5.10 Å². The monoisotopic (exact) mass is 359 g/mol. The maximum absolute atomic E-state index is 12.4. The molecule has 0 atom stereocenters. The van der Waals surface area contributed by atoms with Crippen molar-refractivity contribution in [3.63, 3.8) is 0 Å². The third-order valence-electron chi connectivity index (χ3n) is 3.67. The normalized spacial score (nSPS) is 13.5. The van der Waals surface area contributed by atoms with E-state index in [1.165, 1.54) is 34.9 Å². The number of nitrogens with one attached hydrogen (secondary N) is 2. The Morgan fingerprint density at radius 3 is 2.68 bits per heavy atom. The number of rotatable bonds is 5. The molecule has 2 N–H and O–H groups in total. The van der Waals surface area contributed by atoms with E-state index >= 15 is 0 Å². The zero-order valence-corrected chi connectivity index (χ0v) is 14.8. The van der Waals surface area contributed by atoms with Crippen molar-refractivity contribution in [3.05, 3.63) is 34.9 Å². The largest absolute Gasteiger partial charge is 0.291 e. The first-order chi connectivity index (χ1) is 11.9. The first-order valence-electron chi connectivity index (χ1n) is 7.80. The van der Waals surface area contributed by atoms with Gasteiger partial charge in [0, 0.05) is 11.6 Å². The molecule has 2 heterocycles. The van der Waals surface area contributed by atoms with Crippen molar-refractivity contribution in [3.8, 4) is 0 Å². The second kappa shape index (κ2) is 6.67. The summed E-state index contributed by atoms with van der Waals surface area (Å²) < 4.78 is 0. The molecule has 130 valence electrons. The van der Waals surface area contributed by atoms with E-state index in [1.54, 1.807) is 13.8 Å². The van der Waals surface area contributed by atoms with Gasteiger partial charge in [-0.25, -0.2) is 5.10 Å². The van der Waals surface area contributed by atoms with Gasteiger partial charge >= 0.3 is 0 Å². The molecule has 0 spiro atoms. The van der Waals surface area contributed by atoms with Crippen LogP contribution < -0.4 is 5.32 Å². The van der Waals surface area contributed by atoms with Gasteiger partial charge in [0.15, 0.2) is 0 Å². The van der Waals surface area contributed by atoms with Crippen molar-refractivity contribution >= 4 is 35.4 Å². The van der Waals surface area contributed by atoms with Gasteiger partial charge in [0.05, 0.1) is 11.1 Å². The quantitative estimate of drug-likeness (QED) is 0.626. The molecule has 3 rings (SSSR count). The van der Waals surface area contributed by atoms with E-state index < -0.39 is 5.91 Å². The van der Waals surface area contributed by atoms with Crippen LogP contribution in [0.3, 0.4) is 0 Å². The topological polar surface area (TPSA) is 108 Å². The molecule has 1 aromatic heterocycles. The summed E-state index contributed by atoms with van der Waals surface area (Å²) in [6.45, 7) is 5.51. The van der Waals surface area contributed by atoms with Crippen molar-refractivity contribution in [2.24, 2.45) is 0 Å². The Morgan fingerprint density at radius 1 is 1.28 bits per heavy atom. The zero-order valence-electron chi connectivity index (χ0n) is 14.0. The Labute approximate surface area is 148 Å². The van der Waals surface area contributed by atoms with Gasteiger partial charge in [0.1, 0.15) is 0 Å². The molecule has 0 unspecified atom stereocenters. The Kier molecular flexibility index (Phi) is 4.58. The summed E-state index contributed by atoms with van der Waals surface area (Å²) in [6.07, 6.45) is 0. The molecule has 0 fully saturated rings. The fourth-order valence-electron chi connectivity index (χ4n) is 2.55. The third kappa shape index (κ3) is 3.14. The van der Waals surface area contributed by atoms with E-state index in [9.17, 15) is 14.4 Å². The maximum Gasteiger partial charge on any atom is 0.261 e. The summed E-state index contributed by atoms with van der Waals surface area (Å²) in [5.74, 6) is -0.106. The fraction of sp³-hybridized carbons (Fsp3) is 0.312. The number of benzene rings is 1. The minimum atomic E-state index is -0.435. The van der Waals surface area contributed by atoms with Gasteiger partial charge < -0.3 is 0 Å². The lowest BCUT2D eigenvalue weighted by atomic mass is 10.1. The first kappa shape index (κ1) is 17.2. The summed E-state index contributed by atoms with van der Waals surface area (Å²) in [7, 11) is 0. The van der Waals surface area contributed by atoms with Crippen LogP contribution >= 0.6 is 11.8 Å². The molecule has 1 aliphatic heterocycles. The lowest BCUT2D eigenvalue weighted by Crippen LogP contribution is -2.35. The number of nitrogens with zero attached hydrogens (tertiary/aromatic N) is 3. The highest BCUT2D eigenvalue weighted by Gasteiger charge is 2.37. The molecule has 0 radical (unpaired) electrons. The number of thioether (sulfide) groups is 1. The molecule has 9 heteroatoms. The fourth-order valence-corrected chi connectivity index (χ4v) is 3.07. The van der Waals surface area contributed by atoms with Crippen LogP contribution in [0.5, 0.6) is 0 Å². The highest BCUT2D eigenvalue weighted by molar-refractivity contribution is 7.99. The number of aromatic nitrogens is 3. The number of amides is 3. The number of carbonyl (C=O) groups excluding carboxylic acids is 3. The van der Waals surface area contributed by atoms with Crippen LogP contribution in [-0.2, 0) is 0 Å². The van der Waals surface area contributed by atoms with E-state index in [0.29, 0.717) is 10.7 Å². The molecule has 25 heavy (non-hydrogen) atoms. The average Bonchev–Trinajstić information content (AvgIpc) is 3.10. The van der Waals surface area contributed by atoms with Gasteiger partial charge in [-0.3, -0.25) is 24.6 Å². The van der Waals surface area contributed by atoms with Gasteiger partial charge in [-0.1, -0.05) is 18.7 Å². The SMILES string of the molecule is CCSc1n[nH]c(NC(=O)c2ccc3c(c2)C(=O)N(C(C)C)C3=O)n1. The Bertz CT molecular complexity index is 861. The second-order valence-corrected chi connectivity index (χ2v) is 6.92. The van der Waals surface area contributed by atoms with Crippen molar-refractivity contribution in [1.29, 1.82) is 0 Å². The summed E-state index contributed by atoms with van der Waals surface area (Å²) in [5, 5.41) is 9.75. The Morgan fingerprint density at radius 2 is 2.00 bits per heavy atom. The lowest BCUT2D eigenvalue weighted by molar-refractivity contribution is 0.0609. The van der Waals surface area contributed by atoms with Gasteiger partial charge in [-0.05, 0) is 37.8 Å². The summed E-state index contributed by atoms with van der Waals surface area (Å²) in [6, 6.07) is 4.21. The van der Waals surface area contributed by atoms with Gasteiger partial charge in [0.2, 0.25) is 11.1 Å². The molecule has 1 aromatic carbocycles. The number of aromatic amines is 1. The number of hydrogen-bond acceptors (Lipinski definition) is 6. The van der Waals surface area contributed by atoms with Crippen LogP contribution in [0.1, 0.15) is 51.8 Å². The molecule has 0 saturated heterocycles. The summed E-state index contributed by atoms with van der Waals surface area (Å²) in [4.78, 5) is 42.4. The molecule has 8 nitrogen and oxygen atoms in total. The highest BCUT2D eigenvalue weighted by atomic mass is 32.2. The average molecular weight is 359 g/mol. The molecule has 3 amide bonds. The predicted molar refractivity (Wildman–Crippen MR) is 92.8 cm³/mol. The van der Waals surface area contributed by atoms with E-state index in [4.69, 9.17) is 0 Å². The van der Waals surface area contributed by atoms with Crippen LogP contribution in [0.4, 0.5) is 5.95 Å². The minimum Gasteiger partial charge on any atom is -0.291 e. The predicted octanol–water partition coefficient (Wildman–Crippen LogP) is 2.17. The third-order valence-corrected chi connectivity index (χ3v) is 4.40. The zero-order chi connectivity index (χ0) is 18.1. The van der Waals surface area contributed by atoms with Crippen molar-refractivity contribution in [2.45, 2.75) is 32.0 Å². The van der Waals surface area contributed by atoms with Crippen molar-refractivity contribution in [2.75, 3.05) is 11.1 Å². The smallest absolute Gasteiger partial charge is 0.261 e. The van der Waals surface area contributed by atoms with Crippen LogP contribution in [-0.4, -0.2) is 49.6 Å². The van der Waals surface area contributed by atoms with Crippen LogP contribution in [0.15, 0.2) is 23.4 Å². The number of anilines is 1.